The number of rotatable bonds is 3. The van der Waals surface area contributed by atoms with Gasteiger partial charge in [-0.1, -0.05) is 104 Å². The summed E-state index contributed by atoms with van der Waals surface area (Å²) in [4.78, 5) is 0. The van der Waals surface area contributed by atoms with Gasteiger partial charge in [-0.15, -0.1) is 0 Å². The third kappa shape index (κ3) is 3.20. The first kappa shape index (κ1) is 14.8. The fourth-order valence-electron chi connectivity index (χ4n) is 2.39. The monoisotopic (exact) mass is 415 g/mol. The van der Waals surface area contributed by atoms with Crippen molar-refractivity contribution in [3.05, 3.63) is 87.8 Å². The van der Waals surface area contributed by atoms with Crippen molar-refractivity contribution in [1.82, 2.24) is 0 Å². The highest BCUT2D eigenvalue weighted by molar-refractivity contribution is 9.11. The van der Waals surface area contributed by atoms with Crippen molar-refractivity contribution in [3.63, 3.8) is 0 Å². The van der Waals surface area contributed by atoms with Gasteiger partial charge in [-0.05, 0) is 22.5 Å². The lowest BCUT2D eigenvalue weighted by molar-refractivity contribution is 1.66. The number of benzene rings is 3. The van der Waals surface area contributed by atoms with Crippen LogP contribution in [0.2, 0.25) is 0 Å². The van der Waals surface area contributed by atoms with Crippen LogP contribution in [0.4, 0.5) is 0 Å². The molecule has 3 heteroatoms. The molecule has 0 amide bonds. The minimum absolute atomic E-state index is 1.03. The molecule has 0 saturated carbocycles. The Hall–Kier alpha value is -1.16. The van der Waals surface area contributed by atoms with Crippen molar-refractivity contribution in [2.75, 3.05) is 0 Å². The molecular formula is C18H13Br2Si. The summed E-state index contributed by atoms with van der Waals surface area (Å²) in [5, 5.41) is 4.14. The van der Waals surface area contributed by atoms with Crippen LogP contribution in [0.3, 0.4) is 0 Å². The van der Waals surface area contributed by atoms with Crippen LogP contribution in [0.5, 0.6) is 0 Å². The first-order valence-electron chi connectivity index (χ1n) is 6.69. The fourth-order valence-corrected chi connectivity index (χ4v) is 6.76. The Kier molecular flexibility index (Phi) is 4.73. The summed E-state index contributed by atoms with van der Waals surface area (Å²) in [6.45, 7) is 0. The molecule has 3 aromatic rings. The Morgan fingerprint density at radius 1 is 0.524 bits per heavy atom. The summed E-state index contributed by atoms with van der Waals surface area (Å²) in [6, 6.07) is 27.8. The van der Waals surface area contributed by atoms with Gasteiger partial charge >= 0.3 is 0 Å². The van der Waals surface area contributed by atoms with Gasteiger partial charge in [0.25, 0.3) is 0 Å². The maximum absolute atomic E-state index is 3.73. The molecule has 1 radical (unpaired) electrons. The molecule has 0 aliphatic heterocycles. The van der Waals surface area contributed by atoms with E-state index in [4.69, 9.17) is 0 Å². The summed E-state index contributed by atoms with van der Waals surface area (Å²) in [5.41, 5.74) is 0. The van der Waals surface area contributed by atoms with Crippen LogP contribution >= 0.6 is 31.9 Å². The van der Waals surface area contributed by atoms with E-state index in [0.29, 0.717) is 0 Å². The smallest absolute Gasteiger partial charge is 0.0624 e. The highest BCUT2D eigenvalue weighted by atomic mass is 79.9. The van der Waals surface area contributed by atoms with E-state index in [1.807, 2.05) is 0 Å². The van der Waals surface area contributed by atoms with Gasteiger partial charge in [0.1, 0.15) is 0 Å². The normalized spacial score (nSPS) is 10.8. The molecule has 0 spiro atoms. The van der Waals surface area contributed by atoms with Crippen LogP contribution in [0.25, 0.3) is 0 Å². The molecular weight excluding hydrogens is 404 g/mol. The van der Waals surface area contributed by atoms with E-state index < -0.39 is 8.80 Å². The summed E-state index contributed by atoms with van der Waals surface area (Å²) < 4.78 is 2.36. The van der Waals surface area contributed by atoms with Gasteiger partial charge in [0.05, 0.1) is 0 Å². The van der Waals surface area contributed by atoms with Crippen molar-refractivity contribution in [1.29, 1.82) is 0 Å². The van der Waals surface area contributed by atoms with E-state index in [1.165, 1.54) is 24.5 Å². The van der Waals surface area contributed by atoms with Crippen LogP contribution < -0.4 is 15.6 Å². The molecule has 0 aliphatic carbocycles. The summed E-state index contributed by atoms with van der Waals surface area (Å²) in [6.07, 6.45) is 0. The second-order valence-corrected chi connectivity index (χ2v) is 8.81. The predicted octanol–water partition coefficient (Wildman–Crippen LogP) is 3.73. The van der Waals surface area contributed by atoms with Crippen molar-refractivity contribution < 1.29 is 0 Å². The van der Waals surface area contributed by atoms with Crippen LogP contribution in [-0.4, -0.2) is 8.80 Å². The molecule has 0 nitrogen and oxygen atoms in total. The van der Waals surface area contributed by atoms with Gasteiger partial charge < -0.3 is 0 Å². The third-order valence-electron chi connectivity index (χ3n) is 3.35. The van der Waals surface area contributed by atoms with Gasteiger partial charge in [-0.2, -0.15) is 0 Å². The summed E-state index contributed by atoms with van der Waals surface area (Å²) in [5.74, 6) is 0. The van der Waals surface area contributed by atoms with Crippen molar-refractivity contribution in [2.45, 2.75) is 0 Å². The largest absolute Gasteiger partial charge is 0.157 e. The molecule has 103 valence electrons. The third-order valence-corrected chi connectivity index (χ3v) is 8.32. The Labute approximate surface area is 143 Å². The number of hydrogen-bond acceptors (Lipinski definition) is 0. The molecule has 0 fully saturated rings. The zero-order valence-corrected chi connectivity index (χ0v) is 15.4. The molecule has 0 unspecified atom stereocenters. The van der Waals surface area contributed by atoms with Crippen LogP contribution in [0, 0.1) is 0 Å². The average Bonchev–Trinajstić information content (AvgIpc) is 2.52. The first-order valence-corrected chi connectivity index (χ1v) is 9.78. The Bertz CT molecular complexity index is 695. The van der Waals surface area contributed by atoms with Gasteiger partial charge in [-0.3, -0.25) is 0 Å². The summed E-state index contributed by atoms with van der Waals surface area (Å²) in [7, 11) is -1.03. The molecule has 21 heavy (non-hydrogen) atoms. The number of hydrogen-bond donors (Lipinski definition) is 0. The van der Waals surface area contributed by atoms with Crippen molar-refractivity contribution in [2.24, 2.45) is 0 Å². The predicted molar refractivity (Wildman–Crippen MR) is 99.4 cm³/mol. The lowest BCUT2D eigenvalue weighted by atomic mass is 10.3. The van der Waals surface area contributed by atoms with E-state index in [-0.39, 0.29) is 0 Å². The van der Waals surface area contributed by atoms with E-state index in [0.717, 1.165) is 0 Å². The molecule has 0 N–H and O–H groups in total. The average molecular weight is 417 g/mol. The summed E-state index contributed by atoms with van der Waals surface area (Å²) >= 11 is 7.45. The molecule has 0 atom stereocenters. The Balaban J connectivity index is 2.22. The van der Waals surface area contributed by atoms with Gasteiger partial charge in [0, 0.05) is 8.95 Å². The van der Waals surface area contributed by atoms with Gasteiger partial charge in [-0.25, -0.2) is 0 Å². The maximum atomic E-state index is 3.73. The van der Waals surface area contributed by atoms with E-state index in [1.54, 1.807) is 0 Å². The van der Waals surface area contributed by atoms with Crippen LogP contribution in [-0.2, 0) is 0 Å². The van der Waals surface area contributed by atoms with Crippen molar-refractivity contribution in [3.8, 4) is 0 Å². The molecule has 0 bridgehead atoms. The minimum Gasteiger partial charge on any atom is -0.0624 e. The van der Waals surface area contributed by atoms with E-state index in [9.17, 15) is 0 Å². The standard InChI is InChI=1S/C18H13Br2Si/c19-15-10-4-6-12-17(15)21(14-8-2-1-3-9-14)18-13-7-5-11-16(18)20/h1-13H. The van der Waals surface area contributed by atoms with E-state index >= 15 is 0 Å². The van der Waals surface area contributed by atoms with Crippen LogP contribution in [0.15, 0.2) is 87.8 Å². The molecule has 3 rings (SSSR count). The van der Waals surface area contributed by atoms with Crippen LogP contribution in [0.1, 0.15) is 0 Å². The maximum Gasteiger partial charge on any atom is 0.157 e. The first-order chi connectivity index (χ1) is 10.3. The quantitative estimate of drug-likeness (QED) is 0.450. The van der Waals surface area contributed by atoms with E-state index in [2.05, 4.69) is 111 Å². The minimum atomic E-state index is -1.03. The highest BCUT2D eigenvalue weighted by Gasteiger charge is 2.23. The molecule has 0 aromatic heterocycles. The topological polar surface area (TPSA) is 0 Å². The molecule has 3 aromatic carbocycles. The SMILES string of the molecule is Brc1ccccc1[Si](c1ccccc1)c1ccccc1Br. The zero-order valence-electron chi connectivity index (χ0n) is 11.3. The highest BCUT2D eigenvalue weighted by Crippen LogP contribution is 2.11. The molecule has 0 heterocycles. The van der Waals surface area contributed by atoms with Crippen molar-refractivity contribution >= 4 is 56.2 Å². The second-order valence-electron chi connectivity index (χ2n) is 4.70. The fraction of sp³-hybridized carbons (Fsp3) is 0. The van der Waals surface area contributed by atoms with Gasteiger partial charge in [0.15, 0.2) is 8.80 Å². The lowest BCUT2D eigenvalue weighted by Crippen LogP contribution is -2.52. The lowest BCUT2D eigenvalue weighted by Gasteiger charge is -2.19. The molecule has 0 aliphatic rings. The van der Waals surface area contributed by atoms with Gasteiger partial charge in [0.2, 0.25) is 0 Å². The Morgan fingerprint density at radius 2 is 0.952 bits per heavy atom. The molecule has 0 saturated heterocycles. The Morgan fingerprint density at radius 3 is 1.43 bits per heavy atom. The number of halogens is 2. The zero-order chi connectivity index (χ0) is 14.7. The second kappa shape index (κ2) is 6.73.